The number of nitrogens with zero attached hydrogens (tertiary/aromatic N) is 6. The van der Waals surface area contributed by atoms with Gasteiger partial charge in [0.2, 0.25) is 11.7 Å². The normalized spacial score (nSPS) is 34.9. The number of methoxy groups -OCH3 is 2. The second kappa shape index (κ2) is 33.2. The Morgan fingerprint density at radius 2 is 1.60 bits per heavy atom. The molecule has 15 atom stereocenters. The minimum Gasteiger partial charge on any atom is -0.460 e. The predicted octanol–water partition coefficient (Wildman–Crippen LogP) is 7.07. The Morgan fingerprint density at radius 1 is 0.841 bits per heavy atom. The van der Waals surface area contributed by atoms with Gasteiger partial charge in [-0.05, 0) is 113 Å². The molecule has 2 amide bonds. The summed E-state index contributed by atoms with van der Waals surface area (Å²) in [5.41, 5.74) is 2.89. The fourth-order valence-electron chi connectivity index (χ4n) is 13.4. The number of hydrogen-bond donors (Lipinski definition) is 3. The number of hydrogen-bond acceptors (Lipinski definition) is 19. The lowest BCUT2D eigenvalue weighted by Gasteiger charge is -2.42. The molecule has 0 spiro atoms. The minimum absolute atomic E-state index is 0.00665. The summed E-state index contributed by atoms with van der Waals surface area (Å²) in [5, 5.41) is 34.6. The maximum absolute atomic E-state index is 14.7. The monoisotopic (exact) mass is 1230 g/mol. The van der Waals surface area contributed by atoms with Gasteiger partial charge in [0.1, 0.15) is 36.2 Å². The summed E-state index contributed by atoms with van der Waals surface area (Å²) in [6, 6.07) is -1.20. The van der Waals surface area contributed by atoms with Gasteiger partial charge in [-0.2, -0.15) is 0 Å². The van der Waals surface area contributed by atoms with E-state index in [0.29, 0.717) is 83.2 Å². The number of carbonyl (C=O) groups is 6. The molecule has 21 nitrogen and oxygen atoms in total. The Labute approximate surface area is 521 Å². The van der Waals surface area contributed by atoms with Crippen molar-refractivity contribution in [1.82, 2.24) is 24.7 Å². The Balaban J connectivity index is 1.05. The number of esters is 1. The topological polar surface area (TPSA) is 257 Å². The summed E-state index contributed by atoms with van der Waals surface area (Å²) >= 11 is 0. The van der Waals surface area contributed by atoms with Gasteiger partial charge < -0.3 is 58.4 Å². The molecule has 0 radical (unpaired) electrons. The van der Waals surface area contributed by atoms with Crippen LogP contribution in [0.1, 0.15) is 150 Å². The van der Waals surface area contributed by atoms with Crippen molar-refractivity contribution in [3.05, 3.63) is 65.1 Å². The first kappa shape index (κ1) is 70.2. The molecule has 3 N–H and O–H groups in total. The van der Waals surface area contributed by atoms with Crippen LogP contribution in [0.15, 0.2) is 53.8 Å². The number of fused-ring (bicyclic) bond motifs is 4. The second-order valence-electron chi connectivity index (χ2n) is 26.0. The highest BCUT2D eigenvalue weighted by molar-refractivity contribution is 6.39. The van der Waals surface area contributed by atoms with E-state index in [2.05, 4.69) is 16.7 Å². The number of aliphatic hydroxyl groups is 3. The number of carbonyl (C=O) groups excluding carboxylic acids is 6. The minimum atomic E-state index is -2.47. The molecule has 3 saturated heterocycles. The smallest absolute Gasteiger partial charge is 0.410 e. The summed E-state index contributed by atoms with van der Waals surface area (Å²) < 4.78 is 36.4. The van der Waals surface area contributed by atoms with Crippen LogP contribution < -0.4 is 4.90 Å². The summed E-state index contributed by atoms with van der Waals surface area (Å²) in [7, 11) is 3.16. The molecule has 0 aromatic carbocycles. The number of ether oxygens (including phenoxy) is 6. The van der Waals surface area contributed by atoms with Gasteiger partial charge in [0.25, 0.3) is 11.7 Å². The number of cyclic esters (lactones) is 1. The molecular weight excluding hydrogens is 1130 g/mol. The molecule has 1 aromatic heterocycles. The fraction of sp³-hybridized carbons (Fsp3) is 0.731. The Morgan fingerprint density at radius 3 is 2.33 bits per heavy atom. The van der Waals surface area contributed by atoms with E-state index in [9.17, 15) is 44.1 Å². The summed E-state index contributed by atoms with van der Waals surface area (Å²) in [4.78, 5) is 103. The molecule has 1 aromatic rings. The van der Waals surface area contributed by atoms with E-state index >= 15 is 0 Å². The zero-order valence-corrected chi connectivity index (χ0v) is 54.0. The van der Waals surface area contributed by atoms with Gasteiger partial charge in [-0.25, -0.2) is 19.6 Å². The van der Waals surface area contributed by atoms with Gasteiger partial charge in [0.15, 0.2) is 5.78 Å². The van der Waals surface area contributed by atoms with Crippen LogP contribution >= 0.6 is 0 Å². The lowest BCUT2D eigenvalue weighted by atomic mass is 9.78. The van der Waals surface area contributed by atoms with Crippen molar-refractivity contribution in [2.24, 2.45) is 35.5 Å². The second-order valence-corrected chi connectivity index (χ2v) is 26.0. The van der Waals surface area contributed by atoms with Gasteiger partial charge in [0.05, 0.1) is 37.2 Å². The highest BCUT2D eigenvalue weighted by Crippen LogP contribution is 2.39. The van der Waals surface area contributed by atoms with Gasteiger partial charge in [-0.3, -0.25) is 24.1 Å². The Hall–Kier alpha value is -5.26. The summed E-state index contributed by atoms with van der Waals surface area (Å²) in [6.07, 6.45) is 12.1. The van der Waals surface area contributed by atoms with E-state index in [1.807, 2.05) is 57.3 Å². The quantitative estimate of drug-likeness (QED) is 0.0818. The average Bonchev–Trinajstić information content (AvgIpc) is 1.31. The summed E-state index contributed by atoms with van der Waals surface area (Å²) in [6.45, 7) is 21.1. The van der Waals surface area contributed by atoms with Gasteiger partial charge >= 0.3 is 12.1 Å². The van der Waals surface area contributed by atoms with Crippen LogP contribution in [0.5, 0.6) is 0 Å². The number of rotatable bonds is 12. The van der Waals surface area contributed by atoms with Crippen LogP contribution in [0.3, 0.4) is 0 Å². The first-order valence-corrected chi connectivity index (χ1v) is 32.5. The molecule has 4 fully saturated rings. The number of ketones is 3. The van der Waals surface area contributed by atoms with Crippen molar-refractivity contribution >= 4 is 41.3 Å². The average molecular weight is 1230 g/mol. The van der Waals surface area contributed by atoms with Crippen molar-refractivity contribution in [1.29, 1.82) is 0 Å². The van der Waals surface area contributed by atoms with E-state index in [4.69, 9.17) is 38.4 Å². The van der Waals surface area contributed by atoms with Gasteiger partial charge in [-0.15, -0.1) is 0 Å². The number of amides is 2. The van der Waals surface area contributed by atoms with Crippen LogP contribution in [0.4, 0.5) is 10.7 Å². The summed E-state index contributed by atoms with van der Waals surface area (Å²) in [5.74, 6) is -8.35. The molecule has 1 aliphatic carbocycles. The van der Waals surface area contributed by atoms with Crippen molar-refractivity contribution in [3.8, 4) is 0 Å². The van der Waals surface area contributed by atoms with E-state index in [0.717, 1.165) is 69.2 Å². The van der Waals surface area contributed by atoms with Gasteiger partial charge in [-0.1, -0.05) is 78.0 Å². The number of anilines is 1. The number of piperidine rings is 1. The SMILES string of the molecule is CCCOCCN1CCN(c2ncc3c(n2)CCN(C(=O)O[C@@H]2CC[C@@H](C[C@@H](C)[C@@H]4CC(=O)[C@H](C)/C=C(\C)[C@@H](O)[C@@H](O)C(=O)[C@H](C)C[C@H](C)/C=C/C=C/C=C(\C)[C@@H](OC)C[C@@H]5CC[C@@H](C)[C@@](O)(O5)C(=O)C(=O)N5CCCC[C@H]5C(=O)O4)C[C@H]2OC)C3)CC1. The number of piperazine rings is 1. The largest absolute Gasteiger partial charge is 0.460 e. The first-order valence-electron chi connectivity index (χ1n) is 32.5. The third-order valence-corrected chi connectivity index (χ3v) is 19.2. The number of aliphatic hydroxyl groups excluding tert-OH is 2. The first-order chi connectivity index (χ1) is 42.0. The van der Waals surface area contributed by atoms with Crippen LogP contribution in [0.25, 0.3) is 0 Å². The molecule has 7 rings (SSSR count). The van der Waals surface area contributed by atoms with E-state index < -0.39 is 108 Å². The fourth-order valence-corrected chi connectivity index (χ4v) is 13.4. The van der Waals surface area contributed by atoms with E-state index in [1.165, 1.54) is 11.0 Å². The molecule has 2 bridgehead atoms. The molecular formula is C67H102N6O15. The van der Waals surface area contributed by atoms with Crippen molar-refractivity contribution in [2.45, 2.75) is 206 Å². The highest BCUT2D eigenvalue weighted by Gasteiger charge is 2.53. The molecule has 21 heteroatoms. The number of aromatic nitrogens is 2. The maximum atomic E-state index is 14.7. The van der Waals surface area contributed by atoms with Crippen LogP contribution in [-0.2, 0) is 65.4 Å². The third kappa shape index (κ3) is 18.5. The van der Waals surface area contributed by atoms with Crippen LogP contribution in [-0.4, -0.2) is 203 Å². The Kier molecular flexibility index (Phi) is 26.5. The van der Waals surface area contributed by atoms with E-state index in [-0.39, 0.29) is 49.0 Å². The lowest BCUT2D eigenvalue weighted by Crippen LogP contribution is -2.61. The molecule has 5 aliphatic heterocycles. The van der Waals surface area contributed by atoms with Crippen molar-refractivity contribution in [3.63, 3.8) is 0 Å². The number of allylic oxidation sites excluding steroid dienone is 6. The molecule has 6 aliphatic rings. The van der Waals surface area contributed by atoms with E-state index in [1.54, 1.807) is 46.8 Å². The standard InChI is InChI=1S/C67H102N6O15/c1-11-32-85-33-31-70-27-29-71(30-28-70)65-68-40-50-41-72(26-24-52(50)69-65)66(81)87-55-23-21-49(37-58(55)84-10)36-45(5)57-39-54(74)44(4)35-47(7)60(76)61(77)59(75)46(6)34-42(2)17-13-12-14-18-43(3)56(83-9)38-51-22-20-48(8)67(82,88-51)62(78)63(79)73-25-16-15-19-53(73)64(80)86-57/h12-14,17-18,35,40,42,44-46,48-49,51,53,55-58,60-61,76-77,82H,11,15-16,19-34,36-39,41H2,1-10H3/b14-12+,17-13+,43-18+,47-35+/t42-,44-,45-,46-,48-,49+,51+,53+,55-,56+,57+,58-,60-,61+,67-/m1/s1. The molecule has 490 valence electrons. The molecule has 0 unspecified atom stereocenters. The Bertz CT molecular complexity index is 2660. The maximum Gasteiger partial charge on any atom is 0.410 e. The number of Topliss-reactive ketones (excluding diaryl/α,β-unsaturated/α-hetero) is 3. The van der Waals surface area contributed by atoms with Crippen LogP contribution in [0.2, 0.25) is 0 Å². The molecule has 88 heavy (non-hydrogen) atoms. The van der Waals surface area contributed by atoms with Crippen molar-refractivity contribution in [2.75, 3.05) is 78.1 Å². The van der Waals surface area contributed by atoms with Crippen LogP contribution in [0, 0.1) is 35.5 Å². The van der Waals surface area contributed by atoms with Crippen molar-refractivity contribution < 1.29 is 72.5 Å². The lowest BCUT2D eigenvalue weighted by molar-refractivity contribution is -0.265. The predicted molar refractivity (Wildman–Crippen MR) is 331 cm³/mol. The zero-order valence-electron chi connectivity index (χ0n) is 54.0. The molecule has 6 heterocycles. The highest BCUT2D eigenvalue weighted by atomic mass is 16.6. The third-order valence-electron chi connectivity index (χ3n) is 19.2. The zero-order chi connectivity index (χ0) is 63.8. The van der Waals surface area contributed by atoms with Gasteiger partial charge in [0, 0.05) is 115 Å². The molecule has 1 saturated carbocycles.